The Kier molecular flexibility index (Phi) is 5.63. The average Bonchev–Trinajstić information content (AvgIpc) is 2.79. The van der Waals surface area contributed by atoms with Gasteiger partial charge in [-0.15, -0.1) is 0 Å². The van der Waals surface area contributed by atoms with E-state index in [0.29, 0.717) is 38.9 Å². The molecule has 152 valence electrons. The molecule has 4 rings (SSSR count). The summed E-state index contributed by atoms with van der Waals surface area (Å²) >= 11 is 6.25. The van der Waals surface area contributed by atoms with Crippen LogP contribution in [0.4, 0.5) is 5.69 Å². The van der Waals surface area contributed by atoms with Gasteiger partial charge in [0, 0.05) is 28.1 Å². The first-order chi connectivity index (χ1) is 14.6. The Balaban J connectivity index is 1.98. The van der Waals surface area contributed by atoms with E-state index >= 15 is 0 Å². The smallest absolute Gasteiger partial charge is 0.144 e. The van der Waals surface area contributed by atoms with Gasteiger partial charge in [0.15, 0.2) is 0 Å². The molecule has 1 aromatic heterocycles. The minimum Gasteiger partial charge on any atom is -0.497 e. The SMILES string of the molecule is COc1ccc(-c2cc(=Nc3cc(OC)ccc3OC)c3cc(Cl)ccc3o2)cc1. The molecule has 0 amide bonds. The Morgan fingerprint density at radius 2 is 1.50 bits per heavy atom. The van der Waals surface area contributed by atoms with Crippen LogP contribution in [0.2, 0.25) is 5.02 Å². The van der Waals surface area contributed by atoms with Crippen molar-refractivity contribution in [2.75, 3.05) is 21.3 Å². The summed E-state index contributed by atoms with van der Waals surface area (Å²) in [5, 5.41) is 2.10. The lowest BCUT2D eigenvalue weighted by Crippen LogP contribution is -2.03. The quantitative estimate of drug-likeness (QED) is 0.396. The van der Waals surface area contributed by atoms with Crippen molar-refractivity contribution in [2.24, 2.45) is 4.99 Å². The van der Waals surface area contributed by atoms with Crippen LogP contribution >= 0.6 is 11.6 Å². The molecule has 0 bridgehead atoms. The largest absolute Gasteiger partial charge is 0.497 e. The Morgan fingerprint density at radius 1 is 0.767 bits per heavy atom. The molecule has 0 unspecified atom stereocenters. The highest BCUT2D eigenvalue weighted by molar-refractivity contribution is 6.31. The van der Waals surface area contributed by atoms with E-state index in [4.69, 9.17) is 35.2 Å². The third-order valence-corrected chi connectivity index (χ3v) is 4.94. The molecule has 0 aliphatic heterocycles. The molecule has 6 heteroatoms. The van der Waals surface area contributed by atoms with Gasteiger partial charge in [0.2, 0.25) is 0 Å². The fourth-order valence-electron chi connectivity index (χ4n) is 3.15. The van der Waals surface area contributed by atoms with Gasteiger partial charge in [0.1, 0.15) is 34.3 Å². The number of hydrogen-bond acceptors (Lipinski definition) is 5. The highest BCUT2D eigenvalue weighted by atomic mass is 35.5. The molecule has 0 fully saturated rings. The molecule has 0 N–H and O–H groups in total. The molecule has 0 radical (unpaired) electrons. The fraction of sp³-hybridized carbons (Fsp3) is 0.125. The molecule has 5 nitrogen and oxygen atoms in total. The summed E-state index contributed by atoms with van der Waals surface area (Å²) in [6.07, 6.45) is 0. The number of benzene rings is 3. The highest BCUT2D eigenvalue weighted by Gasteiger charge is 2.09. The van der Waals surface area contributed by atoms with E-state index in [9.17, 15) is 0 Å². The number of ether oxygens (including phenoxy) is 3. The first-order valence-corrected chi connectivity index (χ1v) is 9.63. The zero-order valence-corrected chi connectivity index (χ0v) is 17.6. The first-order valence-electron chi connectivity index (χ1n) is 9.26. The predicted octanol–water partition coefficient (Wildman–Crippen LogP) is 6.01. The fourth-order valence-corrected chi connectivity index (χ4v) is 3.32. The van der Waals surface area contributed by atoms with Gasteiger partial charge >= 0.3 is 0 Å². The Morgan fingerprint density at radius 3 is 2.20 bits per heavy atom. The third-order valence-electron chi connectivity index (χ3n) is 4.71. The lowest BCUT2D eigenvalue weighted by molar-refractivity contribution is 0.404. The molecule has 0 spiro atoms. The molecule has 0 aliphatic carbocycles. The van der Waals surface area contributed by atoms with Crippen LogP contribution in [-0.2, 0) is 0 Å². The van der Waals surface area contributed by atoms with Crippen LogP contribution in [0, 0.1) is 0 Å². The number of nitrogens with zero attached hydrogens (tertiary/aromatic N) is 1. The standard InChI is InChI=1S/C24H20ClNO4/c1-27-17-7-4-15(5-8-17)24-14-20(19-12-16(25)6-10-22(19)30-24)26-21-13-18(28-2)9-11-23(21)29-3/h4-14H,1-3H3. The third kappa shape index (κ3) is 3.98. The second-order valence-electron chi connectivity index (χ2n) is 6.51. The number of rotatable bonds is 5. The summed E-state index contributed by atoms with van der Waals surface area (Å²) in [5.41, 5.74) is 2.22. The maximum Gasteiger partial charge on any atom is 0.144 e. The molecule has 0 aliphatic rings. The maximum atomic E-state index is 6.25. The van der Waals surface area contributed by atoms with E-state index in [1.165, 1.54) is 0 Å². The van der Waals surface area contributed by atoms with Gasteiger partial charge in [-0.3, -0.25) is 0 Å². The van der Waals surface area contributed by atoms with Crippen molar-refractivity contribution in [3.05, 3.63) is 77.1 Å². The minimum absolute atomic E-state index is 0.601. The second kappa shape index (κ2) is 8.51. The minimum atomic E-state index is 0.601. The predicted molar refractivity (Wildman–Crippen MR) is 118 cm³/mol. The maximum absolute atomic E-state index is 6.25. The van der Waals surface area contributed by atoms with Crippen LogP contribution in [0.25, 0.3) is 22.3 Å². The van der Waals surface area contributed by atoms with Crippen molar-refractivity contribution in [1.29, 1.82) is 0 Å². The van der Waals surface area contributed by atoms with Gasteiger partial charge in [0.25, 0.3) is 0 Å². The number of halogens is 1. The number of fused-ring (bicyclic) bond motifs is 1. The molecule has 3 aromatic carbocycles. The van der Waals surface area contributed by atoms with Crippen LogP contribution in [0.15, 0.2) is 76.1 Å². The molecular weight excluding hydrogens is 402 g/mol. The second-order valence-corrected chi connectivity index (χ2v) is 6.95. The van der Waals surface area contributed by atoms with Crippen molar-refractivity contribution < 1.29 is 18.6 Å². The molecule has 0 saturated carbocycles. The lowest BCUT2D eigenvalue weighted by atomic mass is 10.1. The zero-order chi connectivity index (χ0) is 21.1. The Labute approximate surface area is 179 Å². The highest BCUT2D eigenvalue weighted by Crippen LogP contribution is 2.32. The summed E-state index contributed by atoms with van der Waals surface area (Å²) in [5.74, 6) is 2.77. The average molecular weight is 422 g/mol. The van der Waals surface area contributed by atoms with Crippen molar-refractivity contribution >= 4 is 28.3 Å². The summed E-state index contributed by atoms with van der Waals surface area (Å²) in [4.78, 5) is 4.86. The van der Waals surface area contributed by atoms with Crippen molar-refractivity contribution in [3.8, 4) is 28.6 Å². The molecular formula is C24H20ClNO4. The van der Waals surface area contributed by atoms with Gasteiger partial charge in [-0.05, 0) is 54.6 Å². The van der Waals surface area contributed by atoms with Crippen LogP contribution in [0.3, 0.4) is 0 Å². The molecule has 0 saturated heterocycles. The van der Waals surface area contributed by atoms with E-state index < -0.39 is 0 Å². The monoisotopic (exact) mass is 421 g/mol. The summed E-state index contributed by atoms with van der Waals surface area (Å²) in [6, 6.07) is 20.5. The summed E-state index contributed by atoms with van der Waals surface area (Å²) < 4.78 is 22.2. The Bertz CT molecular complexity index is 1260. The van der Waals surface area contributed by atoms with E-state index in [0.717, 1.165) is 16.7 Å². The van der Waals surface area contributed by atoms with Crippen molar-refractivity contribution in [2.45, 2.75) is 0 Å². The molecule has 4 aromatic rings. The summed E-state index contributed by atoms with van der Waals surface area (Å²) in [7, 11) is 4.86. The van der Waals surface area contributed by atoms with E-state index in [-0.39, 0.29) is 0 Å². The van der Waals surface area contributed by atoms with Gasteiger partial charge in [0.05, 0.1) is 26.7 Å². The van der Waals surface area contributed by atoms with Crippen molar-refractivity contribution in [1.82, 2.24) is 0 Å². The normalized spacial score (nSPS) is 11.5. The molecule has 0 atom stereocenters. The topological polar surface area (TPSA) is 53.2 Å². The van der Waals surface area contributed by atoms with E-state index in [2.05, 4.69) is 0 Å². The molecule has 1 heterocycles. The van der Waals surface area contributed by atoms with Gasteiger partial charge in [-0.1, -0.05) is 11.6 Å². The van der Waals surface area contributed by atoms with Gasteiger partial charge in [-0.25, -0.2) is 4.99 Å². The lowest BCUT2D eigenvalue weighted by Gasteiger charge is -2.09. The molecule has 30 heavy (non-hydrogen) atoms. The zero-order valence-electron chi connectivity index (χ0n) is 16.8. The van der Waals surface area contributed by atoms with Crippen molar-refractivity contribution in [3.63, 3.8) is 0 Å². The first kappa shape index (κ1) is 19.9. The van der Waals surface area contributed by atoms with Crippen LogP contribution < -0.4 is 19.6 Å². The number of methoxy groups -OCH3 is 3. The van der Waals surface area contributed by atoms with Crippen LogP contribution in [0.5, 0.6) is 17.2 Å². The Hall–Kier alpha value is -3.44. The van der Waals surface area contributed by atoms with E-state index in [1.54, 1.807) is 27.4 Å². The van der Waals surface area contributed by atoms with Crippen LogP contribution in [0.1, 0.15) is 0 Å². The van der Waals surface area contributed by atoms with E-state index in [1.807, 2.05) is 60.7 Å². The van der Waals surface area contributed by atoms with Gasteiger partial charge in [-0.2, -0.15) is 0 Å². The number of hydrogen-bond donors (Lipinski definition) is 0. The summed E-state index contributed by atoms with van der Waals surface area (Å²) in [6.45, 7) is 0. The van der Waals surface area contributed by atoms with Gasteiger partial charge < -0.3 is 18.6 Å². The van der Waals surface area contributed by atoms with Crippen LogP contribution in [-0.4, -0.2) is 21.3 Å².